The predicted molar refractivity (Wildman–Crippen MR) is 132 cm³/mol. The summed E-state index contributed by atoms with van der Waals surface area (Å²) in [7, 11) is 0. The molecule has 1 saturated heterocycles. The summed E-state index contributed by atoms with van der Waals surface area (Å²) in [4.78, 5) is 26.8. The Balaban J connectivity index is 1.22. The Morgan fingerprint density at radius 1 is 1.00 bits per heavy atom. The fourth-order valence-corrected chi connectivity index (χ4v) is 4.06. The third kappa shape index (κ3) is 3.71. The predicted octanol–water partition coefficient (Wildman–Crippen LogP) is 4.77. The Labute approximate surface area is 195 Å². The molecule has 0 radical (unpaired) electrons. The molecular formula is C26H21N7O. The van der Waals surface area contributed by atoms with Crippen LogP contribution in [-0.2, 0) is 0 Å². The van der Waals surface area contributed by atoms with Gasteiger partial charge >= 0.3 is 0 Å². The van der Waals surface area contributed by atoms with Gasteiger partial charge in [-0.1, -0.05) is 30.8 Å². The molecule has 34 heavy (non-hydrogen) atoms. The van der Waals surface area contributed by atoms with Crippen molar-refractivity contribution >= 4 is 28.3 Å². The first kappa shape index (κ1) is 19.9. The minimum atomic E-state index is -0.00798. The lowest BCUT2D eigenvalue weighted by molar-refractivity contribution is 0.0723. The molecule has 0 atom stereocenters. The summed E-state index contributed by atoms with van der Waals surface area (Å²) >= 11 is 0. The number of H-pyrrole nitrogens is 2. The number of rotatable bonds is 5. The normalized spacial score (nSPS) is 13.2. The van der Waals surface area contributed by atoms with Crippen molar-refractivity contribution in [3.05, 3.63) is 91.0 Å². The first-order chi connectivity index (χ1) is 16.6. The number of nitrogens with one attached hydrogen (secondary N) is 3. The Bertz CT molecular complexity index is 1510. The van der Waals surface area contributed by atoms with E-state index in [9.17, 15) is 4.79 Å². The molecule has 1 aliphatic heterocycles. The number of benzene rings is 2. The zero-order chi connectivity index (χ0) is 23.1. The molecule has 6 rings (SSSR count). The molecular weight excluding hydrogens is 426 g/mol. The Morgan fingerprint density at radius 2 is 1.82 bits per heavy atom. The zero-order valence-corrected chi connectivity index (χ0v) is 18.2. The lowest BCUT2D eigenvalue weighted by Crippen LogP contribution is -2.44. The van der Waals surface area contributed by atoms with Gasteiger partial charge in [-0.25, -0.2) is 9.97 Å². The van der Waals surface area contributed by atoms with Gasteiger partial charge in [0.1, 0.15) is 11.5 Å². The SMILES string of the molecule is C=C1CN(C(=O)c2cc3ccc(-c4nccc(Nc5ccc(-c6cn[nH]c6)cc5)n4)cc3[nH]2)C1. The van der Waals surface area contributed by atoms with E-state index in [1.54, 1.807) is 17.3 Å². The molecule has 0 bridgehead atoms. The number of nitrogens with zero attached hydrogens (tertiary/aromatic N) is 4. The molecule has 0 unspecified atom stereocenters. The second-order valence-electron chi connectivity index (χ2n) is 8.35. The van der Waals surface area contributed by atoms with Crippen molar-refractivity contribution in [2.24, 2.45) is 0 Å². The number of amides is 1. The highest BCUT2D eigenvalue weighted by atomic mass is 16.2. The van der Waals surface area contributed by atoms with Crippen molar-refractivity contribution in [3.8, 4) is 22.5 Å². The summed E-state index contributed by atoms with van der Waals surface area (Å²) in [5.41, 5.74) is 6.44. The van der Waals surface area contributed by atoms with Crippen molar-refractivity contribution < 1.29 is 4.79 Å². The van der Waals surface area contributed by atoms with Gasteiger partial charge in [-0.05, 0) is 41.5 Å². The summed E-state index contributed by atoms with van der Waals surface area (Å²) in [5.74, 6) is 1.29. The number of anilines is 2. The molecule has 8 heteroatoms. The monoisotopic (exact) mass is 447 g/mol. The van der Waals surface area contributed by atoms with E-state index in [-0.39, 0.29) is 5.91 Å². The van der Waals surface area contributed by atoms with E-state index in [2.05, 4.69) is 37.0 Å². The van der Waals surface area contributed by atoms with E-state index in [0.29, 0.717) is 30.4 Å². The van der Waals surface area contributed by atoms with Crippen LogP contribution in [-0.4, -0.2) is 49.0 Å². The van der Waals surface area contributed by atoms with Crippen LogP contribution in [0.25, 0.3) is 33.4 Å². The lowest BCUT2D eigenvalue weighted by Gasteiger charge is -2.32. The van der Waals surface area contributed by atoms with Gasteiger partial charge in [0.25, 0.3) is 5.91 Å². The van der Waals surface area contributed by atoms with Crippen molar-refractivity contribution in [3.63, 3.8) is 0 Å². The van der Waals surface area contributed by atoms with E-state index >= 15 is 0 Å². The van der Waals surface area contributed by atoms with Crippen LogP contribution in [0.1, 0.15) is 10.5 Å². The minimum Gasteiger partial charge on any atom is -0.351 e. The summed E-state index contributed by atoms with van der Waals surface area (Å²) in [6.07, 6.45) is 5.39. The number of carbonyl (C=O) groups excluding carboxylic acids is 1. The molecule has 0 aliphatic carbocycles. The second kappa shape index (κ2) is 8.00. The van der Waals surface area contributed by atoms with Crippen LogP contribution in [0.3, 0.4) is 0 Å². The summed E-state index contributed by atoms with van der Waals surface area (Å²) in [5, 5.41) is 11.1. The van der Waals surface area contributed by atoms with E-state index in [1.165, 1.54) is 0 Å². The van der Waals surface area contributed by atoms with Crippen LogP contribution in [0.4, 0.5) is 11.5 Å². The van der Waals surface area contributed by atoms with Crippen LogP contribution in [0, 0.1) is 0 Å². The third-order valence-electron chi connectivity index (χ3n) is 5.87. The first-order valence-corrected chi connectivity index (χ1v) is 10.9. The van der Waals surface area contributed by atoms with Gasteiger partial charge in [-0.15, -0.1) is 0 Å². The molecule has 3 aromatic heterocycles. The standard InChI is InChI=1S/C26H21N7O/c1-16-14-33(15-16)26(34)23-10-18-2-3-19(11-22(18)31-23)25-27-9-8-24(32-25)30-21-6-4-17(5-7-21)20-12-28-29-13-20/h2-13,31H,1,14-15H2,(H,28,29)(H,27,30,32). The van der Waals surface area contributed by atoms with Crippen LogP contribution in [0.2, 0.25) is 0 Å². The molecule has 4 heterocycles. The lowest BCUT2D eigenvalue weighted by atomic mass is 10.1. The highest BCUT2D eigenvalue weighted by Gasteiger charge is 2.25. The average molecular weight is 448 g/mol. The Kier molecular flexibility index (Phi) is 4.69. The fourth-order valence-electron chi connectivity index (χ4n) is 4.06. The molecule has 1 aliphatic rings. The minimum absolute atomic E-state index is 0.00798. The highest BCUT2D eigenvalue weighted by Crippen LogP contribution is 2.26. The van der Waals surface area contributed by atoms with Gasteiger partial charge in [0.05, 0.1) is 6.20 Å². The quantitative estimate of drug-likeness (QED) is 0.337. The number of aromatic nitrogens is 5. The topological polar surface area (TPSA) is 103 Å². The van der Waals surface area contributed by atoms with Gasteiger partial charge in [-0.2, -0.15) is 5.10 Å². The van der Waals surface area contributed by atoms with Crippen LogP contribution in [0.5, 0.6) is 0 Å². The smallest absolute Gasteiger partial charge is 0.270 e. The largest absolute Gasteiger partial charge is 0.351 e. The maximum atomic E-state index is 12.6. The van der Waals surface area contributed by atoms with Crippen molar-refractivity contribution in [1.29, 1.82) is 0 Å². The molecule has 166 valence electrons. The van der Waals surface area contributed by atoms with Gasteiger partial charge in [0, 0.05) is 53.2 Å². The van der Waals surface area contributed by atoms with Crippen molar-refractivity contribution in [2.75, 3.05) is 18.4 Å². The molecule has 2 aromatic carbocycles. The van der Waals surface area contributed by atoms with Gasteiger partial charge in [0.2, 0.25) is 0 Å². The van der Waals surface area contributed by atoms with Gasteiger partial charge in [-0.3, -0.25) is 9.89 Å². The maximum Gasteiger partial charge on any atom is 0.270 e. The fraction of sp³-hybridized carbons (Fsp3) is 0.0769. The second-order valence-corrected chi connectivity index (χ2v) is 8.35. The average Bonchev–Trinajstić information content (AvgIpc) is 3.52. The molecule has 3 N–H and O–H groups in total. The molecule has 8 nitrogen and oxygen atoms in total. The number of aromatic amines is 2. The van der Waals surface area contributed by atoms with Crippen LogP contribution in [0.15, 0.2) is 85.3 Å². The van der Waals surface area contributed by atoms with E-state index in [0.717, 1.165) is 38.9 Å². The highest BCUT2D eigenvalue weighted by molar-refractivity contribution is 5.99. The molecule has 0 spiro atoms. The van der Waals surface area contributed by atoms with Crippen LogP contribution < -0.4 is 5.32 Å². The van der Waals surface area contributed by atoms with Crippen molar-refractivity contribution in [1.82, 2.24) is 30.0 Å². The van der Waals surface area contributed by atoms with Gasteiger partial charge < -0.3 is 15.2 Å². The Morgan fingerprint density at radius 3 is 2.59 bits per heavy atom. The number of likely N-dealkylation sites (tertiary alicyclic amines) is 1. The summed E-state index contributed by atoms with van der Waals surface area (Å²) in [6, 6.07) is 17.7. The number of carbonyl (C=O) groups is 1. The first-order valence-electron chi connectivity index (χ1n) is 10.9. The molecule has 5 aromatic rings. The third-order valence-corrected chi connectivity index (χ3v) is 5.87. The Hall–Kier alpha value is -4.72. The summed E-state index contributed by atoms with van der Waals surface area (Å²) < 4.78 is 0. The number of hydrogen-bond acceptors (Lipinski definition) is 5. The maximum absolute atomic E-state index is 12.6. The van der Waals surface area contributed by atoms with E-state index in [1.807, 2.05) is 60.8 Å². The summed E-state index contributed by atoms with van der Waals surface area (Å²) in [6.45, 7) is 5.14. The number of fused-ring (bicyclic) bond motifs is 1. The zero-order valence-electron chi connectivity index (χ0n) is 18.2. The number of hydrogen-bond donors (Lipinski definition) is 3. The van der Waals surface area contributed by atoms with E-state index < -0.39 is 0 Å². The molecule has 0 saturated carbocycles. The van der Waals surface area contributed by atoms with Crippen molar-refractivity contribution in [2.45, 2.75) is 0 Å². The van der Waals surface area contributed by atoms with Gasteiger partial charge in [0.15, 0.2) is 5.82 Å². The van der Waals surface area contributed by atoms with E-state index in [4.69, 9.17) is 0 Å². The molecule has 1 amide bonds. The van der Waals surface area contributed by atoms with Crippen LogP contribution >= 0.6 is 0 Å². The molecule has 1 fully saturated rings.